The van der Waals surface area contributed by atoms with Gasteiger partial charge in [-0.15, -0.1) is 11.6 Å². The highest BCUT2D eigenvalue weighted by Gasteiger charge is 2.14. The number of hydrogen-bond acceptors (Lipinski definition) is 7. The third kappa shape index (κ3) is 10.3. The maximum absolute atomic E-state index is 12.5. The van der Waals surface area contributed by atoms with Crippen LogP contribution in [0, 0.1) is 0 Å². The molecule has 3 aromatic rings. The molecule has 0 bridgehead atoms. The number of nitrogens with one attached hydrogen (secondary N) is 1. The largest absolute Gasteiger partial charge is 0.461 e. The van der Waals surface area contributed by atoms with Crippen LogP contribution in [0.4, 0.5) is 0 Å². The monoisotopic (exact) mass is 543 g/mol. The number of alkyl halides is 1. The van der Waals surface area contributed by atoms with Gasteiger partial charge >= 0.3 is 11.6 Å². The van der Waals surface area contributed by atoms with E-state index in [1.54, 1.807) is 18.2 Å². The predicted molar refractivity (Wildman–Crippen MR) is 146 cm³/mol. The summed E-state index contributed by atoms with van der Waals surface area (Å²) >= 11 is 5.64. The standard InChI is InChI=1S/C29H34ClNO7/c30-12-6-1-2-7-14-35-16-17-36-15-13-31-28(33)25-20-24-11-10-23(18-26(24)38-29(25)34)19-27(32)37-21-22-8-4-3-5-9-22/h3-5,8-11,18,20H,1-2,6-7,12-17,19,21H2,(H,31,33). The molecule has 1 N–H and O–H groups in total. The first-order valence-electron chi connectivity index (χ1n) is 12.8. The smallest absolute Gasteiger partial charge is 0.349 e. The maximum Gasteiger partial charge on any atom is 0.349 e. The molecule has 38 heavy (non-hydrogen) atoms. The SMILES string of the molecule is O=C(Cc1ccc2cc(C(=O)NCCOCCOCCCCCCCl)c(=O)oc2c1)OCc1ccccc1. The molecule has 2 aromatic carbocycles. The molecule has 3 rings (SSSR count). The lowest BCUT2D eigenvalue weighted by Crippen LogP contribution is -2.31. The number of ether oxygens (including phenoxy) is 3. The Bertz CT molecular complexity index is 1210. The Morgan fingerprint density at radius 3 is 2.39 bits per heavy atom. The third-order valence-electron chi connectivity index (χ3n) is 5.71. The Labute approximate surface area is 227 Å². The van der Waals surface area contributed by atoms with Crippen LogP contribution in [0.5, 0.6) is 0 Å². The summed E-state index contributed by atoms with van der Waals surface area (Å²) < 4.78 is 21.6. The minimum atomic E-state index is -0.751. The lowest BCUT2D eigenvalue weighted by molar-refractivity contribution is -0.144. The number of rotatable bonds is 17. The lowest BCUT2D eigenvalue weighted by atomic mass is 10.1. The van der Waals surface area contributed by atoms with Crippen LogP contribution in [0.2, 0.25) is 0 Å². The molecule has 0 atom stereocenters. The van der Waals surface area contributed by atoms with E-state index in [1.807, 2.05) is 30.3 Å². The normalized spacial score (nSPS) is 11.0. The molecule has 9 heteroatoms. The summed E-state index contributed by atoms with van der Waals surface area (Å²) in [5.41, 5.74) is 0.992. The number of amides is 1. The van der Waals surface area contributed by atoms with E-state index in [4.69, 9.17) is 30.2 Å². The van der Waals surface area contributed by atoms with Crippen LogP contribution in [-0.2, 0) is 32.0 Å². The van der Waals surface area contributed by atoms with Crippen molar-refractivity contribution in [2.75, 3.05) is 38.9 Å². The molecule has 1 amide bonds. The number of unbranched alkanes of at least 4 members (excludes halogenated alkanes) is 3. The van der Waals surface area contributed by atoms with Gasteiger partial charge in [0.15, 0.2) is 0 Å². The molecule has 204 valence electrons. The zero-order valence-corrected chi connectivity index (χ0v) is 22.2. The summed E-state index contributed by atoms with van der Waals surface area (Å²) in [7, 11) is 0. The van der Waals surface area contributed by atoms with Crippen molar-refractivity contribution in [1.82, 2.24) is 5.32 Å². The zero-order valence-electron chi connectivity index (χ0n) is 21.4. The van der Waals surface area contributed by atoms with Crippen molar-refractivity contribution in [2.45, 2.75) is 38.7 Å². The van der Waals surface area contributed by atoms with Crippen LogP contribution >= 0.6 is 11.6 Å². The van der Waals surface area contributed by atoms with E-state index >= 15 is 0 Å². The minimum Gasteiger partial charge on any atom is -0.461 e. The Morgan fingerprint density at radius 1 is 0.842 bits per heavy atom. The average molecular weight is 544 g/mol. The molecule has 0 unspecified atom stereocenters. The van der Waals surface area contributed by atoms with Crippen molar-refractivity contribution in [2.24, 2.45) is 0 Å². The van der Waals surface area contributed by atoms with Gasteiger partial charge in [-0.25, -0.2) is 4.79 Å². The fourth-order valence-corrected chi connectivity index (χ4v) is 3.87. The molecule has 0 aliphatic heterocycles. The fraction of sp³-hybridized carbons (Fsp3) is 0.414. The van der Waals surface area contributed by atoms with Gasteiger partial charge in [-0.2, -0.15) is 0 Å². The van der Waals surface area contributed by atoms with E-state index in [0.717, 1.165) is 31.2 Å². The van der Waals surface area contributed by atoms with Gasteiger partial charge < -0.3 is 23.9 Å². The molecule has 0 fully saturated rings. The highest BCUT2D eigenvalue weighted by Crippen LogP contribution is 2.17. The summed E-state index contributed by atoms with van der Waals surface area (Å²) in [4.78, 5) is 37.1. The molecule has 0 aliphatic carbocycles. The molecule has 0 saturated carbocycles. The molecule has 0 radical (unpaired) electrons. The van der Waals surface area contributed by atoms with Crippen LogP contribution in [0.3, 0.4) is 0 Å². The first-order valence-corrected chi connectivity index (χ1v) is 13.4. The Morgan fingerprint density at radius 2 is 1.61 bits per heavy atom. The number of carbonyl (C=O) groups is 2. The van der Waals surface area contributed by atoms with Crippen molar-refractivity contribution in [3.8, 4) is 0 Å². The topological polar surface area (TPSA) is 104 Å². The first-order chi connectivity index (χ1) is 18.6. The van der Waals surface area contributed by atoms with Crippen molar-refractivity contribution in [3.63, 3.8) is 0 Å². The quantitative estimate of drug-likeness (QED) is 0.114. The average Bonchev–Trinajstić information content (AvgIpc) is 2.92. The van der Waals surface area contributed by atoms with E-state index in [9.17, 15) is 14.4 Å². The maximum atomic E-state index is 12.5. The number of hydrogen-bond donors (Lipinski definition) is 1. The summed E-state index contributed by atoms with van der Waals surface area (Å²) in [6.07, 6.45) is 4.30. The van der Waals surface area contributed by atoms with E-state index in [-0.39, 0.29) is 25.1 Å². The number of esters is 1. The van der Waals surface area contributed by atoms with Crippen LogP contribution in [-0.4, -0.2) is 50.7 Å². The Kier molecular flexibility index (Phi) is 12.8. The summed E-state index contributed by atoms with van der Waals surface area (Å²) in [5, 5.41) is 3.24. The highest BCUT2D eigenvalue weighted by atomic mass is 35.5. The second-order valence-electron chi connectivity index (χ2n) is 8.73. The first kappa shape index (κ1) is 29.4. The van der Waals surface area contributed by atoms with Gasteiger partial charge in [-0.3, -0.25) is 9.59 Å². The van der Waals surface area contributed by atoms with Crippen LogP contribution in [0.25, 0.3) is 11.0 Å². The third-order valence-corrected chi connectivity index (χ3v) is 5.98. The van der Waals surface area contributed by atoms with Crippen LogP contribution < -0.4 is 10.9 Å². The second-order valence-corrected chi connectivity index (χ2v) is 9.10. The molecule has 1 heterocycles. The van der Waals surface area contributed by atoms with Gasteiger partial charge in [0.05, 0.1) is 26.2 Å². The Balaban J connectivity index is 1.39. The Hall–Kier alpha value is -3.20. The van der Waals surface area contributed by atoms with E-state index in [0.29, 0.717) is 48.8 Å². The van der Waals surface area contributed by atoms with Crippen molar-refractivity contribution in [3.05, 3.63) is 81.7 Å². The summed E-state index contributed by atoms with van der Waals surface area (Å²) in [6, 6.07) is 15.9. The molecular formula is C29H34ClNO7. The molecule has 0 aliphatic rings. The van der Waals surface area contributed by atoms with Crippen molar-refractivity contribution < 1.29 is 28.2 Å². The number of benzene rings is 2. The van der Waals surface area contributed by atoms with E-state index < -0.39 is 17.5 Å². The van der Waals surface area contributed by atoms with Gasteiger partial charge in [-0.1, -0.05) is 55.3 Å². The minimum absolute atomic E-state index is 0.0360. The zero-order chi connectivity index (χ0) is 27.0. The van der Waals surface area contributed by atoms with Gasteiger partial charge in [0, 0.05) is 24.4 Å². The van der Waals surface area contributed by atoms with Crippen LogP contribution in [0.1, 0.15) is 47.2 Å². The van der Waals surface area contributed by atoms with Crippen molar-refractivity contribution >= 4 is 34.4 Å². The molecule has 0 saturated heterocycles. The fourth-order valence-electron chi connectivity index (χ4n) is 3.69. The number of carbonyl (C=O) groups excluding carboxylic acids is 2. The van der Waals surface area contributed by atoms with Gasteiger partial charge in [0.25, 0.3) is 5.91 Å². The number of fused-ring (bicyclic) bond motifs is 1. The summed E-state index contributed by atoms with van der Waals surface area (Å²) in [5.74, 6) is -0.225. The highest BCUT2D eigenvalue weighted by molar-refractivity contribution is 6.17. The lowest BCUT2D eigenvalue weighted by Gasteiger charge is -2.08. The van der Waals surface area contributed by atoms with E-state index in [1.165, 1.54) is 6.07 Å². The predicted octanol–water partition coefficient (Wildman–Crippen LogP) is 4.64. The molecule has 0 spiro atoms. The molecular weight excluding hydrogens is 510 g/mol. The number of halogens is 1. The molecule has 1 aromatic heterocycles. The van der Waals surface area contributed by atoms with Crippen LogP contribution in [0.15, 0.2) is 63.8 Å². The van der Waals surface area contributed by atoms with Gasteiger partial charge in [-0.05, 0) is 36.1 Å². The second kappa shape index (κ2) is 16.6. The van der Waals surface area contributed by atoms with E-state index in [2.05, 4.69) is 5.32 Å². The molecule has 8 nitrogen and oxygen atoms in total. The summed E-state index contributed by atoms with van der Waals surface area (Å²) in [6.45, 7) is 2.35. The van der Waals surface area contributed by atoms with Gasteiger partial charge in [0.1, 0.15) is 17.8 Å². The van der Waals surface area contributed by atoms with Gasteiger partial charge in [0.2, 0.25) is 0 Å². The van der Waals surface area contributed by atoms with Crippen molar-refractivity contribution in [1.29, 1.82) is 0 Å².